The first-order valence-electron chi connectivity index (χ1n) is 9.06. The summed E-state index contributed by atoms with van der Waals surface area (Å²) in [6.07, 6.45) is -3.21. The molecule has 0 aliphatic rings. The Morgan fingerprint density at radius 3 is 2.21 bits per heavy atom. The highest BCUT2D eigenvalue weighted by Crippen LogP contribution is 2.36. The number of anilines is 2. The zero-order chi connectivity index (χ0) is 23.3. The summed E-state index contributed by atoms with van der Waals surface area (Å²) >= 11 is 5.57. The van der Waals surface area contributed by atoms with Crippen LogP contribution in [0.1, 0.15) is 16.1 Å². The number of urea groups is 1. The van der Waals surface area contributed by atoms with E-state index in [1.165, 1.54) is 25.4 Å². The van der Waals surface area contributed by atoms with Crippen molar-refractivity contribution in [1.29, 1.82) is 0 Å². The molecule has 0 saturated heterocycles. The highest BCUT2D eigenvalue weighted by Gasteiger charge is 2.33. The lowest BCUT2D eigenvalue weighted by atomic mass is 10.2. The van der Waals surface area contributed by atoms with Crippen LogP contribution in [-0.4, -0.2) is 24.0 Å². The molecule has 0 aliphatic carbocycles. The summed E-state index contributed by atoms with van der Waals surface area (Å²) in [5, 5.41) is 6.83. The summed E-state index contributed by atoms with van der Waals surface area (Å²) in [5.74, 6) is 0.460. The Morgan fingerprint density at radius 1 is 0.939 bits per heavy atom. The third kappa shape index (κ3) is 7.09. The molecule has 0 spiro atoms. The largest absolute Gasteiger partial charge is 0.457 e. The number of nitrogens with one attached hydrogen (secondary N) is 3. The second-order valence-corrected chi connectivity index (χ2v) is 6.76. The van der Waals surface area contributed by atoms with Crippen LogP contribution < -0.4 is 20.7 Å². The Morgan fingerprint density at radius 2 is 1.58 bits per heavy atom. The summed E-state index contributed by atoms with van der Waals surface area (Å²) in [6.45, 7) is 0. The maximum absolute atomic E-state index is 12.9. The topological polar surface area (TPSA) is 92.4 Å². The predicted molar refractivity (Wildman–Crippen MR) is 124 cm³/mol. The molecule has 12 heteroatoms. The van der Waals surface area contributed by atoms with Crippen molar-refractivity contribution < 1.29 is 27.5 Å². The van der Waals surface area contributed by atoms with Crippen molar-refractivity contribution in [3.8, 4) is 11.5 Å². The van der Waals surface area contributed by atoms with E-state index in [9.17, 15) is 22.8 Å². The number of carbonyl (C=O) groups is 2. The van der Waals surface area contributed by atoms with E-state index in [4.69, 9.17) is 16.3 Å². The summed E-state index contributed by atoms with van der Waals surface area (Å²) in [4.78, 5) is 27.7. The molecule has 33 heavy (non-hydrogen) atoms. The number of pyridine rings is 1. The number of hydrogen-bond donors (Lipinski definition) is 3. The van der Waals surface area contributed by atoms with E-state index in [0.717, 1.165) is 12.1 Å². The van der Waals surface area contributed by atoms with Crippen LogP contribution in [0.15, 0.2) is 60.8 Å². The molecule has 1 heterocycles. The molecule has 3 N–H and O–H groups in total. The number of carbonyl (C=O) groups excluding carboxylic acids is 2. The van der Waals surface area contributed by atoms with E-state index >= 15 is 0 Å². The van der Waals surface area contributed by atoms with Crippen LogP contribution in [0.4, 0.5) is 29.3 Å². The maximum Gasteiger partial charge on any atom is 0.417 e. The normalized spacial score (nSPS) is 10.6. The monoisotopic (exact) mass is 544 g/mol. The summed E-state index contributed by atoms with van der Waals surface area (Å²) in [6, 6.07) is 11.6. The lowest BCUT2D eigenvalue weighted by Gasteiger charge is -2.12. The molecule has 3 amide bonds. The van der Waals surface area contributed by atoms with Crippen LogP contribution in [0, 0.1) is 0 Å². The van der Waals surface area contributed by atoms with Crippen molar-refractivity contribution in [2.75, 3.05) is 17.7 Å². The van der Waals surface area contributed by atoms with Crippen LogP contribution in [0.25, 0.3) is 0 Å². The SMILES string of the molecule is Br.CNC(=O)c1cc(Oc2ccc(NC(=O)Nc3ccc(Cl)c(C(F)(F)F)c3)cc2)ccn1. The van der Waals surface area contributed by atoms with Gasteiger partial charge in [0.05, 0.1) is 10.6 Å². The van der Waals surface area contributed by atoms with Crippen LogP contribution in [0.2, 0.25) is 5.02 Å². The Bertz CT molecular complexity index is 1140. The number of ether oxygens (including phenoxy) is 1. The first kappa shape index (κ1) is 25.9. The summed E-state index contributed by atoms with van der Waals surface area (Å²) < 4.78 is 44.5. The predicted octanol–water partition coefficient (Wildman–Crippen LogP) is 6.13. The Labute approximate surface area is 202 Å². The minimum atomic E-state index is -4.64. The third-order valence-electron chi connectivity index (χ3n) is 4.07. The van der Waals surface area contributed by atoms with Gasteiger partial charge in [-0.25, -0.2) is 4.79 Å². The molecule has 0 bridgehead atoms. The van der Waals surface area contributed by atoms with Gasteiger partial charge in [0.1, 0.15) is 17.2 Å². The van der Waals surface area contributed by atoms with Gasteiger partial charge in [-0.3, -0.25) is 9.78 Å². The maximum atomic E-state index is 12.9. The van der Waals surface area contributed by atoms with Crippen molar-refractivity contribution >= 4 is 51.9 Å². The number of benzene rings is 2. The van der Waals surface area contributed by atoms with Gasteiger partial charge >= 0.3 is 12.2 Å². The zero-order valence-electron chi connectivity index (χ0n) is 16.9. The average molecular weight is 546 g/mol. The highest BCUT2D eigenvalue weighted by molar-refractivity contribution is 8.93. The second-order valence-electron chi connectivity index (χ2n) is 6.35. The fourth-order valence-corrected chi connectivity index (χ4v) is 2.81. The van der Waals surface area contributed by atoms with Gasteiger partial charge in [-0.15, -0.1) is 17.0 Å². The third-order valence-corrected chi connectivity index (χ3v) is 4.40. The molecular weight excluding hydrogens is 529 g/mol. The number of amides is 3. The zero-order valence-corrected chi connectivity index (χ0v) is 19.3. The van der Waals surface area contributed by atoms with Gasteiger partial charge in [0.15, 0.2) is 0 Å². The molecule has 3 aromatic rings. The van der Waals surface area contributed by atoms with Gasteiger partial charge in [0, 0.05) is 30.7 Å². The summed E-state index contributed by atoms with van der Waals surface area (Å²) in [5.41, 5.74) is -0.547. The minimum Gasteiger partial charge on any atom is -0.457 e. The molecule has 7 nitrogen and oxygen atoms in total. The Balaban J connectivity index is 0.00000385. The molecule has 0 aliphatic heterocycles. The van der Waals surface area contributed by atoms with E-state index in [1.54, 1.807) is 30.3 Å². The van der Waals surface area contributed by atoms with Crippen LogP contribution >= 0.6 is 28.6 Å². The number of nitrogens with zero attached hydrogens (tertiary/aromatic N) is 1. The summed E-state index contributed by atoms with van der Waals surface area (Å²) in [7, 11) is 1.49. The van der Waals surface area contributed by atoms with E-state index in [0.29, 0.717) is 17.2 Å². The van der Waals surface area contributed by atoms with Crippen molar-refractivity contribution in [3.05, 3.63) is 77.1 Å². The number of alkyl halides is 3. The number of halogens is 5. The van der Waals surface area contributed by atoms with Gasteiger partial charge in [-0.1, -0.05) is 11.6 Å². The van der Waals surface area contributed by atoms with E-state index in [2.05, 4.69) is 20.9 Å². The van der Waals surface area contributed by atoms with Gasteiger partial charge < -0.3 is 20.7 Å². The second kappa shape index (κ2) is 11.0. The van der Waals surface area contributed by atoms with Crippen LogP contribution in [0.5, 0.6) is 11.5 Å². The van der Waals surface area contributed by atoms with Crippen molar-refractivity contribution in [1.82, 2.24) is 10.3 Å². The first-order valence-corrected chi connectivity index (χ1v) is 9.44. The fraction of sp³-hybridized carbons (Fsp3) is 0.0952. The molecule has 0 unspecified atom stereocenters. The van der Waals surface area contributed by atoms with Crippen LogP contribution in [0.3, 0.4) is 0 Å². The number of hydrogen-bond acceptors (Lipinski definition) is 4. The van der Waals surface area contributed by atoms with Crippen LogP contribution in [-0.2, 0) is 6.18 Å². The molecular formula is C21H17BrClF3N4O3. The highest BCUT2D eigenvalue weighted by atomic mass is 79.9. The molecule has 0 radical (unpaired) electrons. The van der Waals surface area contributed by atoms with Gasteiger partial charge in [-0.05, 0) is 48.5 Å². The molecule has 1 aromatic heterocycles. The molecule has 174 valence electrons. The van der Waals surface area contributed by atoms with Gasteiger partial charge in [-0.2, -0.15) is 13.2 Å². The standard InChI is InChI=1S/C21H16ClF3N4O3.BrH/c1-26-19(30)18-11-15(8-9-27-18)32-14-5-2-12(3-6-14)28-20(31)29-13-4-7-17(22)16(10-13)21(23,24)25;/h2-11H,1H3,(H,26,30)(H2,28,29,31);1H. The first-order chi connectivity index (χ1) is 15.2. The molecule has 2 aromatic carbocycles. The molecule has 0 saturated carbocycles. The van der Waals surface area contributed by atoms with Crippen molar-refractivity contribution in [2.24, 2.45) is 0 Å². The molecule has 3 rings (SSSR count). The minimum absolute atomic E-state index is 0. The van der Waals surface area contributed by atoms with E-state index in [-0.39, 0.29) is 34.3 Å². The number of rotatable bonds is 5. The lowest BCUT2D eigenvalue weighted by molar-refractivity contribution is -0.137. The average Bonchev–Trinajstić information content (AvgIpc) is 2.75. The number of aromatic nitrogens is 1. The smallest absolute Gasteiger partial charge is 0.417 e. The van der Waals surface area contributed by atoms with Gasteiger partial charge in [0.25, 0.3) is 5.91 Å². The Hall–Kier alpha value is -3.31. The Kier molecular flexibility index (Phi) is 8.66. The van der Waals surface area contributed by atoms with E-state index < -0.39 is 22.8 Å². The lowest BCUT2D eigenvalue weighted by Crippen LogP contribution is -2.19. The van der Waals surface area contributed by atoms with Gasteiger partial charge in [0.2, 0.25) is 0 Å². The molecule has 0 fully saturated rings. The quantitative estimate of drug-likeness (QED) is 0.360. The van der Waals surface area contributed by atoms with Crippen molar-refractivity contribution in [3.63, 3.8) is 0 Å². The fourth-order valence-electron chi connectivity index (χ4n) is 2.58. The van der Waals surface area contributed by atoms with E-state index in [1.807, 2.05) is 0 Å². The van der Waals surface area contributed by atoms with Crippen molar-refractivity contribution in [2.45, 2.75) is 6.18 Å². The molecule has 0 atom stereocenters.